The molecule has 0 atom stereocenters. The van der Waals surface area contributed by atoms with Gasteiger partial charge in [0.1, 0.15) is 0 Å². The molecule has 0 radical (unpaired) electrons. The van der Waals surface area contributed by atoms with E-state index in [0.29, 0.717) is 0 Å². The highest BCUT2D eigenvalue weighted by molar-refractivity contribution is 9.10. The Morgan fingerprint density at radius 1 is 1.17 bits per heavy atom. The molecular formula is C14H11BrN2O. The second-order valence-electron chi connectivity index (χ2n) is 4.09. The average molecular weight is 303 g/mol. The van der Waals surface area contributed by atoms with Gasteiger partial charge >= 0.3 is 0 Å². The van der Waals surface area contributed by atoms with Crippen molar-refractivity contribution >= 4 is 26.8 Å². The summed E-state index contributed by atoms with van der Waals surface area (Å²) in [5, 5.41) is 14.7. The van der Waals surface area contributed by atoms with Gasteiger partial charge in [0.05, 0.1) is 24.0 Å². The maximum absolute atomic E-state index is 9.18. The molecule has 0 aliphatic heterocycles. The number of aliphatic hydroxyl groups is 1. The highest BCUT2D eigenvalue weighted by Gasteiger charge is 2.05. The summed E-state index contributed by atoms with van der Waals surface area (Å²) in [5.41, 5.74) is 2.88. The lowest BCUT2D eigenvalue weighted by molar-refractivity contribution is 0.282. The molecule has 0 amide bonds. The maximum atomic E-state index is 9.18. The minimum atomic E-state index is 0.0384. The highest BCUT2D eigenvalue weighted by atomic mass is 79.9. The van der Waals surface area contributed by atoms with Crippen molar-refractivity contribution in [2.75, 3.05) is 0 Å². The summed E-state index contributed by atoms with van der Waals surface area (Å²) in [5.74, 6) is 0. The third kappa shape index (κ3) is 1.94. The molecule has 1 N–H and O–H groups in total. The number of nitrogens with zero attached hydrogens (tertiary/aromatic N) is 2. The molecule has 0 saturated carbocycles. The monoisotopic (exact) mass is 302 g/mol. The second-order valence-corrected chi connectivity index (χ2v) is 5.00. The van der Waals surface area contributed by atoms with Crippen molar-refractivity contribution in [2.24, 2.45) is 0 Å². The first-order valence-corrected chi connectivity index (χ1v) is 6.41. The molecule has 0 aliphatic carbocycles. The summed E-state index contributed by atoms with van der Waals surface area (Å²) in [6.07, 6.45) is 1.84. The zero-order valence-corrected chi connectivity index (χ0v) is 11.1. The van der Waals surface area contributed by atoms with Gasteiger partial charge in [-0.05, 0) is 29.8 Å². The van der Waals surface area contributed by atoms with Crippen LogP contribution in [0.4, 0.5) is 0 Å². The van der Waals surface area contributed by atoms with Crippen LogP contribution in [0.25, 0.3) is 16.6 Å². The minimum Gasteiger partial charge on any atom is -0.392 e. The second kappa shape index (κ2) is 4.55. The van der Waals surface area contributed by atoms with Crippen LogP contribution in [0.2, 0.25) is 0 Å². The Bertz CT molecular complexity index is 706. The lowest BCUT2D eigenvalue weighted by Crippen LogP contribution is -1.97. The molecule has 2 aromatic carbocycles. The predicted octanol–water partition coefficient (Wildman–Crippen LogP) is 3.28. The molecule has 0 unspecified atom stereocenters. The molecule has 0 saturated heterocycles. The molecule has 4 heteroatoms. The molecule has 18 heavy (non-hydrogen) atoms. The minimum absolute atomic E-state index is 0.0384. The van der Waals surface area contributed by atoms with E-state index in [0.717, 1.165) is 26.6 Å². The number of hydrogen-bond acceptors (Lipinski definition) is 2. The van der Waals surface area contributed by atoms with Gasteiger partial charge in [-0.2, -0.15) is 5.10 Å². The highest BCUT2D eigenvalue weighted by Crippen LogP contribution is 2.22. The molecular weight excluding hydrogens is 292 g/mol. The summed E-state index contributed by atoms with van der Waals surface area (Å²) >= 11 is 3.47. The SMILES string of the molecule is OCc1cccc(-n2ncc3ccc(Br)cc32)c1. The van der Waals surface area contributed by atoms with Gasteiger partial charge in [0.15, 0.2) is 0 Å². The molecule has 0 aliphatic rings. The lowest BCUT2D eigenvalue weighted by Gasteiger charge is -2.05. The number of aliphatic hydroxyl groups excluding tert-OH is 1. The van der Waals surface area contributed by atoms with Crippen LogP contribution in [-0.4, -0.2) is 14.9 Å². The first-order valence-electron chi connectivity index (χ1n) is 5.61. The van der Waals surface area contributed by atoms with Crippen molar-refractivity contribution in [3.63, 3.8) is 0 Å². The van der Waals surface area contributed by atoms with Crippen LogP contribution < -0.4 is 0 Å². The van der Waals surface area contributed by atoms with E-state index >= 15 is 0 Å². The molecule has 0 bridgehead atoms. The van der Waals surface area contributed by atoms with E-state index in [1.54, 1.807) is 0 Å². The number of rotatable bonds is 2. The Morgan fingerprint density at radius 2 is 2.06 bits per heavy atom. The van der Waals surface area contributed by atoms with Crippen LogP contribution in [0.1, 0.15) is 5.56 Å². The van der Waals surface area contributed by atoms with Gasteiger partial charge in [-0.25, -0.2) is 4.68 Å². The van der Waals surface area contributed by atoms with Crippen LogP contribution in [0.3, 0.4) is 0 Å². The van der Waals surface area contributed by atoms with Gasteiger partial charge in [-0.15, -0.1) is 0 Å². The Hall–Kier alpha value is -1.65. The van der Waals surface area contributed by atoms with E-state index in [9.17, 15) is 5.11 Å². The molecule has 1 heterocycles. The van der Waals surface area contributed by atoms with E-state index < -0.39 is 0 Å². The van der Waals surface area contributed by atoms with Crippen molar-refractivity contribution in [1.82, 2.24) is 9.78 Å². The van der Waals surface area contributed by atoms with Gasteiger partial charge in [0, 0.05) is 9.86 Å². The Kier molecular flexibility index (Phi) is 2.89. The molecule has 90 valence electrons. The number of benzene rings is 2. The number of halogens is 1. The normalized spacial score (nSPS) is 11.0. The standard InChI is InChI=1S/C14H11BrN2O/c15-12-5-4-11-8-16-17(14(11)7-12)13-3-1-2-10(6-13)9-18/h1-8,18H,9H2. The molecule has 1 aromatic heterocycles. The number of aromatic nitrogens is 2. The van der Waals surface area contributed by atoms with Crippen molar-refractivity contribution in [2.45, 2.75) is 6.61 Å². The Balaban J connectivity index is 2.21. The van der Waals surface area contributed by atoms with Crippen molar-refractivity contribution < 1.29 is 5.11 Å². The molecule has 3 nitrogen and oxygen atoms in total. The zero-order valence-electron chi connectivity index (χ0n) is 9.55. The zero-order chi connectivity index (χ0) is 12.5. The Labute approximate surface area is 113 Å². The first-order chi connectivity index (χ1) is 8.78. The van der Waals surface area contributed by atoms with E-state index in [1.807, 2.05) is 53.3 Å². The van der Waals surface area contributed by atoms with Crippen LogP contribution in [0.15, 0.2) is 53.1 Å². The molecule has 0 fully saturated rings. The fraction of sp³-hybridized carbons (Fsp3) is 0.0714. The molecule has 3 aromatic rings. The lowest BCUT2D eigenvalue weighted by atomic mass is 10.2. The smallest absolute Gasteiger partial charge is 0.0752 e. The number of fused-ring (bicyclic) bond motifs is 1. The summed E-state index contributed by atoms with van der Waals surface area (Å²) in [7, 11) is 0. The van der Waals surface area contributed by atoms with E-state index in [4.69, 9.17) is 0 Å². The van der Waals surface area contributed by atoms with Crippen LogP contribution in [0, 0.1) is 0 Å². The van der Waals surface area contributed by atoms with Crippen LogP contribution >= 0.6 is 15.9 Å². The number of hydrogen-bond donors (Lipinski definition) is 1. The molecule has 0 spiro atoms. The largest absolute Gasteiger partial charge is 0.392 e. The third-order valence-electron chi connectivity index (χ3n) is 2.87. The fourth-order valence-corrected chi connectivity index (χ4v) is 2.33. The van der Waals surface area contributed by atoms with E-state index in [-0.39, 0.29) is 6.61 Å². The maximum Gasteiger partial charge on any atom is 0.0752 e. The third-order valence-corrected chi connectivity index (χ3v) is 3.36. The summed E-state index contributed by atoms with van der Waals surface area (Å²) < 4.78 is 2.90. The van der Waals surface area contributed by atoms with E-state index in [1.165, 1.54) is 0 Å². The van der Waals surface area contributed by atoms with Crippen molar-refractivity contribution in [1.29, 1.82) is 0 Å². The van der Waals surface area contributed by atoms with Gasteiger partial charge in [-0.1, -0.05) is 34.1 Å². The summed E-state index contributed by atoms with van der Waals surface area (Å²) in [6.45, 7) is 0.0384. The van der Waals surface area contributed by atoms with Crippen LogP contribution in [0.5, 0.6) is 0 Å². The average Bonchev–Trinajstić information content (AvgIpc) is 2.81. The van der Waals surface area contributed by atoms with Crippen LogP contribution in [-0.2, 0) is 6.61 Å². The van der Waals surface area contributed by atoms with Crippen molar-refractivity contribution in [3.8, 4) is 5.69 Å². The predicted molar refractivity (Wildman–Crippen MR) is 74.7 cm³/mol. The van der Waals surface area contributed by atoms with Gasteiger partial charge < -0.3 is 5.11 Å². The van der Waals surface area contributed by atoms with Crippen molar-refractivity contribution in [3.05, 3.63) is 58.7 Å². The summed E-state index contributed by atoms with van der Waals surface area (Å²) in [4.78, 5) is 0. The van der Waals surface area contributed by atoms with E-state index in [2.05, 4.69) is 21.0 Å². The van der Waals surface area contributed by atoms with Gasteiger partial charge in [0.25, 0.3) is 0 Å². The van der Waals surface area contributed by atoms with Gasteiger partial charge in [-0.3, -0.25) is 0 Å². The Morgan fingerprint density at radius 3 is 2.89 bits per heavy atom. The quantitative estimate of drug-likeness (QED) is 0.789. The fourth-order valence-electron chi connectivity index (χ4n) is 1.98. The molecule has 3 rings (SSSR count). The first kappa shape index (κ1) is 11.4. The van der Waals surface area contributed by atoms with Gasteiger partial charge in [0.2, 0.25) is 0 Å². The summed E-state index contributed by atoms with van der Waals surface area (Å²) in [6, 6.07) is 13.8. The topological polar surface area (TPSA) is 38.0 Å².